The number of carboxylic acids is 1. The number of amides is 2. The van der Waals surface area contributed by atoms with Gasteiger partial charge in [-0.25, -0.2) is 4.79 Å². The zero-order valence-electron chi connectivity index (χ0n) is 20.3. The van der Waals surface area contributed by atoms with Gasteiger partial charge >= 0.3 is 12.1 Å². The Balaban J connectivity index is 1.66. The molecule has 34 heavy (non-hydrogen) atoms. The summed E-state index contributed by atoms with van der Waals surface area (Å²) < 4.78 is 5.60. The minimum atomic E-state index is -1.07. The standard InChI is InChI=1S/C27H34N2O5/c1-5-17(3)23(24(30)28-16-27(4,6-2)25(31)32)29-26(33)34-15-22-20-13-9-7-11-18(20)19-12-8-10-14-21(19)22/h7-14,17,22-23H,5-6,15-16H2,1-4H3,(H,28,30)(H,29,33)(H,31,32)/t17?,23-,27?/m0/s1. The van der Waals surface area contributed by atoms with E-state index in [-0.39, 0.29) is 25.0 Å². The number of alkyl carbamates (subject to hydrolysis) is 1. The quantitative estimate of drug-likeness (QED) is 0.476. The van der Waals surface area contributed by atoms with E-state index in [9.17, 15) is 19.5 Å². The molecule has 0 saturated heterocycles. The lowest BCUT2D eigenvalue weighted by atomic mass is 9.87. The van der Waals surface area contributed by atoms with Crippen molar-refractivity contribution in [1.82, 2.24) is 10.6 Å². The number of nitrogens with one attached hydrogen (secondary N) is 2. The maximum absolute atomic E-state index is 12.9. The molecule has 3 rings (SSSR count). The molecule has 3 atom stereocenters. The first-order valence-corrected chi connectivity index (χ1v) is 11.8. The molecule has 3 N–H and O–H groups in total. The zero-order chi connectivity index (χ0) is 24.9. The molecule has 7 nitrogen and oxygen atoms in total. The number of carbonyl (C=O) groups excluding carboxylic acids is 2. The van der Waals surface area contributed by atoms with Crippen LogP contribution in [0.2, 0.25) is 0 Å². The summed E-state index contributed by atoms with van der Waals surface area (Å²) in [6.45, 7) is 7.29. The first kappa shape index (κ1) is 25.3. The number of fused-ring (bicyclic) bond motifs is 3. The summed E-state index contributed by atoms with van der Waals surface area (Å²) in [6.07, 6.45) is 0.362. The van der Waals surface area contributed by atoms with Crippen LogP contribution in [-0.4, -0.2) is 42.3 Å². The van der Waals surface area contributed by atoms with Crippen molar-refractivity contribution in [2.45, 2.75) is 52.5 Å². The lowest BCUT2D eigenvalue weighted by Crippen LogP contribution is -2.52. The van der Waals surface area contributed by atoms with Crippen molar-refractivity contribution in [3.63, 3.8) is 0 Å². The van der Waals surface area contributed by atoms with Crippen LogP contribution in [0.3, 0.4) is 0 Å². The Hall–Kier alpha value is -3.35. The molecule has 0 saturated carbocycles. The Kier molecular flexibility index (Phi) is 7.97. The lowest BCUT2D eigenvalue weighted by Gasteiger charge is -2.27. The van der Waals surface area contributed by atoms with Crippen LogP contribution in [0.5, 0.6) is 0 Å². The number of carboxylic acid groups (broad SMARTS) is 1. The summed E-state index contributed by atoms with van der Waals surface area (Å²) in [5.74, 6) is -1.61. The van der Waals surface area contributed by atoms with Gasteiger partial charge in [0, 0.05) is 12.5 Å². The molecule has 0 fully saturated rings. The fourth-order valence-electron chi connectivity index (χ4n) is 4.21. The smallest absolute Gasteiger partial charge is 0.407 e. The third-order valence-electron chi connectivity index (χ3n) is 7.06. The highest BCUT2D eigenvalue weighted by atomic mass is 16.5. The second-order valence-electron chi connectivity index (χ2n) is 9.27. The summed E-state index contributed by atoms with van der Waals surface area (Å²) in [7, 11) is 0. The van der Waals surface area contributed by atoms with E-state index in [2.05, 4.69) is 22.8 Å². The van der Waals surface area contributed by atoms with Gasteiger partial charge in [-0.1, -0.05) is 75.7 Å². The van der Waals surface area contributed by atoms with E-state index in [1.165, 1.54) is 0 Å². The van der Waals surface area contributed by atoms with Gasteiger partial charge in [0.15, 0.2) is 0 Å². The van der Waals surface area contributed by atoms with Crippen molar-refractivity contribution in [2.75, 3.05) is 13.2 Å². The molecule has 7 heteroatoms. The molecule has 0 aliphatic heterocycles. The van der Waals surface area contributed by atoms with Gasteiger partial charge in [0.1, 0.15) is 12.6 Å². The third kappa shape index (κ3) is 5.24. The molecule has 2 amide bonds. The summed E-state index contributed by atoms with van der Waals surface area (Å²) >= 11 is 0. The Morgan fingerprint density at radius 1 is 1.03 bits per heavy atom. The topological polar surface area (TPSA) is 105 Å². The molecule has 2 aromatic carbocycles. The van der Waals surface area contributed by atoms with E-state index in [1.54, 1.807) is 13.8 Å². The van der Waals surface area contributed by atoms with Crippen LogP contribution >= 0.6 is 0 Å². The molecule has 2 aromatic rings. The van der Waals surface area contributed by atoms with Crippen LogP contribution in [-0.2, 0) is 14.3 Å². The summed E-state index contributed by atoms with van der Waals surface area (Å²) in [5.41, 5.74) is 3.43. The summed E-state index contributed by atoms with van der Waals surface area (Å²) in [4.78, 5) is 37.1. The Bertz CT molecular complexity index is 1010. The number of ether oxygens (including phenoxy) is 1. The molecule has 0 aromatic heterocycles. The van der Waals surface area contributed by atoms with Gasteiger partial charge in [-0.05, 0) is 41.5 Å². The van der Waals surface area contributed by atoms with E-state index in [0.29, 0.717) is 12.8 Å². The predicted octanol–water partition coefficient (Wildman–Crippen LogP) is 4.56. The van der Waals surface area contributed by atoms with Crippen LogP contribution in [0, 0.1) is 11.3 Å². The van der Waals surface area contributed by atoms with E-state index in [4.69, 9.17) is 4.74 Å². The zero-order valence-corrected chi connectivity index (χ0v) is 20.3. The Morgan fingerprint density at radius 2 is 1.59 bits per heavy atom. The second kappa shape index (κ2) is 10.7. The summed E-state index contributed by atoms with van der Waals surface area (Å²) in [5, 5.41) is 14.9. The Labute approximate surface area is 200 Å². The minimum absolute atomic E-state index is 0.0169. The molecule has 1 aliphatic rings. The van der Waals surface area contributed by atoms with Crippen LogP contribution in [0.25, 0.3) is 11.1 Å². The van der Waals surface area contributed by atoms with Crippen LogP contribution in [0.15, 0.2) is 48.5 Å². The molecular formula is C27H34N2O5. The molecule has 0 heterocycles. The highest BCUT2D eigenvalue weighted by molar-refractivity contribution is 5.86. The molecule has 2 unspecified atom stereocenters. The first-order chi connectivity index (χ1) is 16.2. The van der Waals surface area contributed by atoms with Gasteiger partial charge in [0.05, 0.1) is 5.41 Å². The predicted molar refractivity (Wildman–Crippen MR) is 130 cm³/mol. The van der Waals surface area contributed by atoms with Crippen molar-refractivity contribution in [1.29, 1.82) is 0 Å². The molecular weight excluding hydrogens is 432 g/mol. The number of aliphatic carboxylic acids is 1. The fraction of sp³-hybridized carbons (Fsp3) is 0.444. The number of hydrogen-bond acceptors (Lipinski definition) is 4. The van der Waals surface area contributed by atoms with Crippen molar-refractivity contribution in [2.24, 2.45) is 11.3 Å². The van der Waals surface area contributed by atoms with Gasteiger partial charge in [-0.2, -0.15) is 0 Å². The van der Waals surface area contributed by atoms with E-state index >= 15 is 0 Å². The van der Waals surface area contributed by atoms with E-state index in [0.717, 1.165) is 22.3 Å². The Morgan fingerprint density at radius 3 is 2.09 bits per heavy atom. The molecule has 0 spiro atoms. The maximum atomic E-state index is 12.9. The molecule has 1 aliphatic carbocycles. The number of hydrogen-bond donors (Lipinski definition) is 3. The SMILES string of the molecule is CCC(C)[C@H](NC(=O)OCC1c2ccccc2-c2ccccc21)C(=O)NCC(C)(CC)C(=O)O. The van der Waals surface area contributed by atoms with Crippen LogP contribution < -0.4 is 10.6 Å². The van der Waals surface area contributed by atoms with Crippen LogP contribution in [0.4, 0.5) is 4.79 Å². The van der Waals surface area contributed by atoms with Crippen molar-refractivity contribution < 1.29 is 24.2 Å². The van der Waals surface area contributed by atoms with Crippen molar-refractivity contribution in [3.8, 4) is 11.1 Å². The largest absolute Gasteiger partial charge is 0.481 e. The van der Waals surface area contributed by atoms with E-state index < -0.39 is 29.4 Å². The summed E-state index contributed by atoms with van der Waals surface area (Å²) in [6, 6.07) is 15.3. The molecule has 0 bridgehead atoms. The number of benzene rings is 2. The molecule has 0 radical (unpaired) electrons. The number of rotatable bonds is 10. The van der Waals surface area contributed by atoms with Crippen molar-refractivity contribution >= 4 is 18.0 Å². The van der Waals surface area contributed by atoms with Gasteiger partial charge in [-0.3, -0.25) is 9.59 Å². The van der Waals surface area contributed by atoms with Gasteiger partial charge in [0.2, 0.25) is 5.91 Å². The fourth-order valence-corrected chi connectivity index (χ4v) is 4.21. The third-order valence-corrected chi connectivity index (χ3v) is 7.06. The average molecular weight is 467 g/mol. The van der Waals surface area contributed by atoms with Gasteiger partial charge in [-0.15, -0.1) is 0 Å². The first-order valence-electron chi connectivity index (χ1n) is 11.8. The molecule has 182 valence electrons. The van der Waals surface area contributed by atoms with Gasteiger partial charge in [0.25, 0.3) is 0 Å². The van der Waals surface area contributed by atoms with Gasteiger partial charge < -0.3 is 20.5 Å². The highest BCUT2D eigenvalue weighted by Gasteiger charge is 2.34. The monoisotopic (exact) mass is 466 g/mol. The van der Waals surface area contributed by atoms with Crippen molar-refractivity contribution in [3.05, 3.63) is 59.7 Å². The average Bonchev–Trinajstić information content (AvgIpc) is 3.17. The lowest BCUT2D eigenvalue weighted by molar-refractivity contribution is -0.148. The van der Waals surface area contributed by atoms with E-state index in [1.807, 2.05) is 50.2 Å². The normalized spacial score (nSPS) is 15.9. The number of carbonyl (C=O) groups is 3. The highest BCUT2D eigenvalue weighted by Crippen LogP contribution is 2.44. The second-order valence-corrected chi connectivity index (χ2v) is 9.27. The van der Waals surface area contributed by atoms with Crippen LogP contribution in [0.1, 0.15) is 57.6 Å². The maximum Gasteiger partial charge on any atom is 0.407 e. The minimum Gasteiger partial charge on any atom is -0.481 e.